The highest BCUT2D eigenvalue weighted by Crippen LogP contribution is 2.31. The van der Waals surface area contributed by atoms with Crippen molar-refractivity contribution in [1.29, 1.82) is 0 Å². The molecule has 4 nitrogen and oxygen atoms in total. The van der Waals surface area contributed by atoms with Crippen LogP contribution in [0.15, 0.2) is 18.2 Å². The maximum Gasteiger partial charge on any atom is 0.139 e. The molecule has 1 saturated heterocycles. The van der Waals surface area contributed by atoms with Gasteiger partial charge in [-0.15, -0.1) is 0 Å². The average Bonchev–Trinajstić information content (AvgIpc) is 3.05. The molecule has 2 aromatic rings. The molecule has 1 aliphatic rings. The number of hydrogen-bond acceptors (Lipinski definition) is 3. The molecule has 1 atom stereocenters. The Bertz CT molecular complexity index is 617. The summed E-state index contributed by atoms with van der Waals surface area (Å²) in [6.45, 7) is 2.87. The molecule has 2 heterocycles. The Morgan fingerprint density at radius 3 is 3.00 bits per heavy atom. The lowest BCUT2D eigenvalue weighted by Gasteiger charge is -2.15. The van der Waals surface area contributed by atoms with Crippen LogP contribution in [-0.2, 0) is 11.3 Å². The third-order valence-corrected chi connectivity index (χ3v) is 4.18. The minimum atomic E-state index is 0.135. The highest BCUT2D eigenvalue weighted by molar-refractivity contribution is 6.31. The van der Waals surface area contributed by atoms with Gasteiger partial charge in [-0.1, -0.05) is 11.6 Å². The minimum Gasteiger partial charge on any atom is -0.370 e. The molecular weight excluding hydrogens is 286 g/mol. The van der Waals surface area contributed by atoms with Gasteiger partial charge < -0.3 is 14.2 Å². The number of rotatable bonds is 5. The van der Waals surface area contributed by atoms with Gasteiger partial charge >= 0.3 is 0 Å². The normalized spacial score (nSPS) is 19.0. The maximum absolute atomic E-state index is 6.10. The standard InChI is InChI=1S/C16H22ClN3O/c1-19(2)8-4-9-20-14-7-6-12(17)11-13(14)18-16(20)15-5-3-10-21-15/h6-7,11,15H,3-5,8-10H2,1-2H3. The van der Waals surface area contributed by atoms with Crippen molar-refractivity contribution >= 4 is 22.6 Å². The monoisotopic (exact) mass is 307 g/mol. The van der Waals surface area contributed by atoms with E-state index in [4.69, 9.17) is 21.3 Å². The smallest absolute Gasteiger partial charge is 0.139 e. The first kappa shape index (κ1) is 14.8. The molecule has 0 N–H and O–H groups in total. The SMILES string of the molecule is CN(C)CCCn1c(C2CCCO2)nc2cc(Cl)ccc21. The number of ether oxygens (including phenoxy) is 1. The van der Waals surface area contributed by atoms with E-state index in [2.05, 4.69) is 29.6 Å². The second-order valence-electron chi connectivity index (χ2n) is 5.91. The van der Waals surface area contributed by atoms with Crippen molar-refractivity contribution in [3.8, 4) is 0 Å². The largest absolute Gasteiger partial charge is 0.370 e. The van der Waals surface area contributed by atoms with Gasteiger partial charge in [0.25, 0.3) is 0 Å². The Balaban J connectivity index is 1.94. The summed E-state index contributed by atoms with van der Waals surface area (Å²) in [6, 6.07) is 5.95. The van der Waals surface area contributed by atoms with Gasteiger partial charge in [-0.25, -0.2) is 4.98 Å². The van der Waals surface area contributed by atoms with Crippen molar-refractivity contribution in [3.63, 3.8) is 0 Å². The summed E-state index contributed by atoms with van der Waals surface area (Å²) in [7, 11) is 4.21. The quantitative estimate of drug-likeness (QED) is 0.847. The van der Waals surface area contributed by atoms with Crippen molar-refractivity contribution in [1.82, 2.24) is 14.5 Å². The van der Waals surface area contributed by atoms with Gasteiger partial charge in [-0.2, -0.15) is 0 Å². The van der Waals surface area contributed by atoms with E-state index < -0.39 is 0 Å². The van der Waals surface area contributed by atoms with Gasteiger partial charge in [0.2, 0.25) is 0 Å². The maximum atomic E-state index is 6.10. The number of nitrogens with zero attached hydrogens (tertiary/aromatic N) is 3. The molecule has 0 saturated carbocycles. The number of aromatic nitrogens is 2. The van der Waals surface area contributed by atoms with Gasteiger partial charge in [0.15, 0.2) is 0 Å². The molecule has 0 spiro atoms. The summed E-state index contributed by atoms with van der Waals surface area (Å²) in [4.78, 5) is 7.00. The summed E-state index contributed by atoms with van der Waals surface area (Å²) >= 11 is 6.10. The third kappa shape index (κ3) is 3.23. The van der Waals surface area contributed by atoms with Crippen molar-refractivity contribution in [3.05, 3.63) is 29.0 Å². The number of halogens is 1. The first-order chi connectivity index (χ1) is 10.1. The minimum absolute atomic E-state index is 0.135. The lowest BCUT2D eigenvalue weighted by Crippen LogP contribution is -2.16. The highest BCUT2D eigenvalue weighted by atomic mass is 35.5. The van der Waals surface area contributed by atoms with Crippen LogP contribution < -0.4 is 0 Å². The van der Waals surface area contributed by atoms with Crippen LogP contribution >= 0.6 is 11.6 Å². The fourth-order valence-corrected chi connectivity index (χ4v) is 3.10. The number of fused-ring (bicyclic) bond motifs is 1. The molecule has 1 aromatic heterocycles. The van der Waals surface area contributed by atoms with Gasteiger partial charge in [-0.3, -0.25) is 0 Å². The van der Waals surface area contributed by atoms with Crippen LogP contribution in [-0.4, -0.2) is 41.7 Å². The first-order valence-electron chi connectivity index (χ1n) is 7.57. The van der Waals surface area contributed by atoms with Crippen molar-refractivity contribution in [2.45, 2.75) is 31.9 Å². The Morgan fingerprint density at radius 2 is 2.29 bits per heavy atom. The predicted molar refractivity (Wildman–Crippen MR) is 85.8 cm³/mol. The van der Waals surface area contributed by atoms with Gasteiger partial charge in [0.05, 0.1) is 11.0 Å². The van der Waals surface area contributed by atoms with Gasteiger partial charge in [0.1, 0.15) is 11.9 Å². The van der Waals surface area contributed by atoms with Crippen LogP contribution in [0.25, 0.3) is 11.0 Å². The molecule has 0 aliphatic carbocycles. The fourth-order valence-electron chi connectivity index (χ4n) is 2.93. The molecule has 0 amide bonds. The summed E-state index contributed by atoms with van der Waals surface area (Å²) in [6.07, 6.45) is 3.41. The van der Waals surface area contributed by atoms with Crippen LogP contribution in [0.4, 0.5) is 0 Å². The van der Waals surface area contributed by atoms with Crippen molar-refractivity contribution < 1.29 is 4.74 Å². The summed E-state index contributed by atoms with van der Waals surface area (Å²) in [5, 5.41) is 0.735. The van der Waals surface area contributed by atoms with E-state index in [0.717, 1.165) is 60.8 Å². The van der Waals surface area contributed by atoms with E-state index in [1.807, 2.05) is 12.1 Å². The summed E-state index contributed by atoms with van der Waals surface area (Å²) in [5.41, 5.74) is 2.13. The molecule has 0 bridgehead atoms. The zero-order chi connectivity index (χ0) is 14.8. The molecular formula is C16H22ClN3O. The van der Waals surface area contributed by atoms with Crippen LogP contribution in [0.3, 0.4) is 0 Å². The lowest BCUT2D eigenvalue weighted by atomic mass is 10.2. The summed E-state index contributed by atoms with van der Waals surface area (Å²) < 4.78 is 8.15. The van der Waals surface area contributed by atoms with Crippen LogP contribution in [0, 0.1) is 0 Å². The molecule has 1 fully saturated rings. The van der Waals surface area contributed by atoms with Crippen LogP contribution in [0.5, 0.6) is 0 Å². The molecule has 3 rings (SSSR count). The van der Waals surface area contributed by atoms with Gasteiger partial charge in [-0.05, 0) is 58.1 Å². The third-order valence-electron chi connectivity index (χ3n) is 3.94. The van der Waals surface area contributed by atoms with Crippen molar-refractivity contribution in [2.75, 3.05) is 27.2 Å². The molecule has 21 heavy (non-hydrogen) atoms. The van der Waals surface area contributed by atoms with E-state index in [0.29, 0.717) is 0 Å². The number of aryl methyl sites for hydroxylation is 1. The zero-order valence-electron chi connectivity index (χ0n) is 12.7. The van der Waals surface area contributed by atoms with Crippen LogP contribution in [0.2, 0.25) is 5.02 Å². The van der Waals surface area contributed by atoms with Crippen molar-refractivity contribution in [2.24, 2.45) is 0 Å². The molecule has 1 aromatic carbocycles. The van der Waals surface area contributed by atoms with Gasteiger partial charge in [0, 0.05) is 18.2 Å². The van der Waals surface area contributed by atoms with E-state index >= 15 is 0 Å². The zero-order valence-corrected chi connectivity index (χ0v) is 13.4. The molecule has 1 unspecified atom stereocenters. The Hall–Kier alpha value is -1.10. The number of benzene rings is 1. The average molecular weight is 308 g/mol. The highest BCUT2D eigenvalue weighted by Gasteiger charge is 2.24. The molecule has 0 radical (unpaired) electrons. The molecule has 1 aliphatic heterocycles. The van der Waals surface area contributed by atoms with E-state index in [9.17, 15) is 0 Å². The second kappa shape index (κ2) is 6.34. The second-order valence-corrected chi connectivity index (χ2v) is 6.35. The number of imidazole rings is 1. The topological polar surface area (TPSA) is 30.3 Å². The van der Waals surface area contributed by atoms with E-state index in [-0.39, 0.29) is 6.10 Å². The predicted octanol–water partition coefficient (Wildman–Crippen LogP) is 3.49. The van der Waals surface area contributed by atoms with E-state index in [1.165, 1.54) is 0 Å². The number of hydrogen-bond donors (Lipinski definition) is 0. The Kier molecular flexibility index (Phi) is 4.48. The van der Waals surface area contributed by atoms with Crippen LogP contribution in [0.1, 0.15) is 31.2 Å². The molecule has 114 valence electrons. The summed E-state index contributed by atoms with van der Waals surface area (Å²) in [5.74, 6) is 1.06. The molecule has 5 heteroatoms. The fraction of sp³-hybridized carbons (Fsp3) is 0.562. The Morgan fingerprint density at radius 1 is 1.43 bits per heavy atom. The van der Waals surface area contributed by atoms with E-state index in [1.54, 1.807) is 0 Å². The first-order valence-corrected chi connectivity index (χ1v) is 7.95. The Labute approximate surface area is 130 Å². The lowest BCUT2D eigenvalue weighted by molar-refractivity contribution is 0.102.